The zero-order valence-electron chi connectivity index (χ0n) is 14.6. The van der Waals surface area contributed by atoms with Crippen LogP contribution in [0.5, 0.6) is 0 Å². The van der Waals surface area contributed by atoms with Gasteiger partial charge in [0.25, 0.3) is 0 Å². The van der Waals surface area contributed by atoms with Gasteiger partial charge in [0.1, 0.15) is 0 Å². The Kier molecular flexibility index (Phi) is 11.7. The number of guanidine groups is 1. The molecule has 1 aromatic rings. The van der Waals surface area contributed by atoms with E-state index in [1.807, 2.05) is 7.05 Å². The van der Waals surface area contributed by atoms with Crippen LogP contribution in [0.1, 0.15) is 37.7 Å². The second-order valence-corrected chi connectivity index (χ2v) is 6.65. The Hall–Kier alpha value is -0.380. The third-order valence-corrected chi connectivity index (χ3v) is 4.75. The van der Waals surface area contributed by atoms with Gasteiger partial charge in [-0.2, -0.15) is 11.3 Å². The first kappa shape index (κ1) is 21.7. The number of aliphatic imine (C=N–C) groups is 1. The maximum Gasteiger partial charge on any atom is 0.190 e. The fraction of sp³-hybridized carbons (Fsp3) is 0.706. The molecule has 0 radical (unpaired) electrons. The van der Waals surface area contributed by atoms with Gasteiger partial charge < -0.3 is 20.1 Å². The van der Waals surface area contributed by atoms with E-state index in [0.29, 0.717) is 12.0 Å². The quantitative estimate of drug-likeness (QED) is 0.267. The Morgan fingerprint density at radius 2 is 2.21 bits per heavy atom. The third kappa shape index (κ3) is 8.13. The van der Waals surface area contributed by atoms with E-state index in [2.05, 4.69) is 39.4 Å². The molecular weight excluding hydrogens is 437 g/mol. The first-order chi connectivity index (χ1) is 11.3. The van der Waals surface area contributed by atoms with E-state index in [1.54, 1.807) is 11.3 Å². The molecule has 0 aliphatic carbocycles. The van der Waals surface area contributed by atoms with Crippen molar-refractivity contribution in [2.45, 2.75) is 38.2 Å². The van der Waals surface area contributed by atoms with Crippen LogP contribution in [-0.4, -0.2) is 52.0 Å². The summed E-state index contributed by atoms with van der Waals surface area (Å²) in [5.41, 5.74) is 1.38. The molecule has 2 N–H and O–H groups in total. The van der Waals surface area contributed by atoms with Crippen LogP contribution < -0.4 is 10.6 Å². The lowest BCUT2D eigenvalue weighted by atomic mass is 10.1. The number of ether oxygens (including phenoxy) is 2. The van der Waals surface area contributed by atoms with Gasteiger partial charge in [-0.3, -0.25) is 4.99 Å². The number of nitrogens with zero attached hydrogens (tertiary/aromatic N) is 1. The first-order valence-electron chi connectivity index (χ1n) is 8.45. The third-order valence-electron chi connectivity index (χ3n) is 4.05. The molecule has 1 aliphatic heterocycles. The topological polar surface area (TPSA) is 54.9 Å². The molecule has 0 bridgehead atoms. The average Bonchev–Trinajstić information content (AvgIpc) is 3.12. The van der Waals surface area contributed by atoms with Gasteiger partial charge in [0.05, 0.1) is 6.10 Å². The van der Waals surface area contributed by atoms with E-state index in [0.717, 1.165) is 58.1 Å². The van der Waals surface area contributed by atoms with Gasteiger partial charge >= 0.3 is 0 Å². The molecule has 1 aromatic heterocycles. The summed E-state index contributed by atoms with van der Waals surface area (Å²) in [5, 5.41) is 11.1. The highest BCUT2D eigenvalue weighted by Gasteiger charge is 2.13. The molecule has 2 heterocycles. The fourth-order valence-corrected chi connectivity index (χ4v) is 3.30. The molecule has 1 atom stereocenters. The zero-order valence-corrected chi connectivity index (χ0v) is 17.8. The molecule has 2 rings (SSSR count). The largest absolute Gasteiger partial charge is 0.381 e. The van der Waals surface area contributed by atoms with E-state index < -0.39 is 0 Å². The lowest BCUT2D eigenvalue weighted by Crippen LogP contribution is -2.39. The molecule has 1 unspecified atom stereocenters. The van der Waals surface area contributed by atoms with Gasteiger partial charge in [0.15, 0.2) is 5.96 Å². The summed E-state index contributed by atoms with van der Waals surface area (Å²) in [4.78, 5) is 4.27. The monoisotopic (exact) mass is 467 g/mol. The minimum Gasteiger partial charge on any atom is -0.381 e. The Bertz CT molecular complexity index is 451. The normalized spacial score (nSPS) is 17.2. The van der Waals surface area contributed by atoms with Gasteiger partial charge in [-0.05, 0) is 47.6 Å². The second kappa shape index (κ2) is 12.9. The van der Waals surface area contributed by atoms with Crippen LogP contribution in [0, 0.1) is 0 Å². The Balaban J connectivity index is 0.00000288. The predicted molar refractivity (Wildman–Crippen MR) is 112 cm³/mol. The first-order valence-corrected chi connectivity index (χ1v) is 9.40. The lowest BCUT2D eigenvalue weighted by molar-refractivity contribution is -0.0320. The van der Waals surface area contributed by atoms with Crippen LogP contribution in [0.4, 0.5) is 0 Å². The van der Waals surface area contributed by atoms with Crippen LogP contribution in [0.3, 0.4) is 0 Å². The standard InChI is InChI=1S/C17H29N3O2S.HI/c1-14(15-6-11-23-13-15)12-20-17(18-2)19-7-3-8-22-16-4-9-21-10-5-16;/h6,11,13-14,16H,3-5,7-10,12H2,1-2H3,(H2,18,19,20);1H. The molecule has 0 aromatic carbocycles. The maximum atomic E-state index is 5.87. The molecule has 0 saturated carbocycles. The summed E-state index contributed by atoms with van der Waals surface area (Å²) in [7, 11) is 1.81. The molecule has 5 nitrogen and oxygen atoms in total. The zero-order chi connectivity index (χ0) is 16.3. The van der Waals surface area contributed by atoms with Crippen LogP contribution in [-0.2, 0) is 9.47 Å². The number of thiophene rings is 1. The summed E-state index contributed by atoms with van der Waals surface area (Å²) < 4.78 is 11.2. The Morgan fingerprint density at radius 1 is 1.42 bits per heavy atom. The van der Waals surface area contributed by atoms with Crippen molar-refractivity contribution in [3.05, 3.63) is 22.4 Å². The van der Waals surface area contributed by atoms with Crippen LogP contribution >= 0.6 is 35.3 Å². The minimum absolute atomic E-state index is 0. The van der Waals surface area contributed by atoms with Crippen molar-refractivity contribution in [3.8, 4) is 0 Å². The molecule has 7 heteroatoms. The number of nitrogens with one attached hydrogen (secondary N) is 2. The van der Waals surface area contributed by atoms with Crippen molar-refractivity contribution in [2.75, 3.05) is 40.0 Å². The molecule has 1 fully saturated rings. The summed E-state index contributed by atoms with van der Waals surface area (Å²) >= 11 is 1.74. The van der Waals surface area contributed by atoms with Gasteiger partial charge in [0, 0.05) is 40.0 Å². The van der Waals surface area contributed by atoms with Gasteiger partial charge in [0.2, 0.25) is 0 Å². The number of hydrogen-bond acceptors (Lipinski definition) is 4. The van der Waals surface area contributed by atoms with E-state index in [4.69, 9.17) is 9.47 Å². The van der Waals surface area contributed by atoms with Crippen molar-refractivity contribution in [3.63, 3.8) is 0 Å². The average molecular weight is 467 g/mol. The van der Waals surface area contributed by atoms with Gasteiger partial charge in [-0.15, -0.1) is 24.0 Å². The summed E-state index contributed by atoms with van der Waals surface area (Å²) in [6, 6.07) is 2.18. The Labute approximate surface area is 166 Å². The van der Waals surface area contributed by atoms with Crippen molar-refractivity contribution >= 4 is 41.3 Å². The van der Waals surface area contributed by atoms with E-state index in [9.17, 15) is 0 Å². The summed E-state index contributed by atoms with van der Waals surface area (Å²) in [6.07, 6.45) is 3.42. The van der Waals surface area contributed by atoms with Crippen LogP contribution in [0.15, 0.2) is 21.8 Å². The van der Waals surface area contributed by atoms with Crippen LogP contribution in [0.25, 0.3) is 0 Å². The number of rotatable bonds is 8. The van der Waals surface area contributed by atoms with Crippen molar-refractivity contribution in [1.29, 1.82) is 0 Å². The molecule has 0 amide bonds. The number of hydrogen-bond donors (Lipinski definition) is 2. The van der Waals surface area contributed by atoms with E-state index in [-0.39, 0.29) is 24.0 Å². The van der Waals surface area contributed by atoms with Gasteiger partial charge in [-0.1, -0.05) is 6.92 Å². The SMILES string of the molecule is CN=C(NCCCOC1CCOCC1)NCC(C)c1ccsc1.I. The minimum atomic E-state index is 0. The molecule has 24 heavy (non-hydrogen) atoms. The highest BCUT2D eigenvalue weighted by atomic mass is 127. The molecular formula is C17H30IN3O2S. The van der Waals surface area contributed by atoms with Crippen LogP contribution in [0.2, 0.25) is 0 Å². The van der Waals surface area contributed by atoms with Crippen molar-refractivity contribution in [1.82, 2.24) is 10.6 Å². The molecule has 138 valence electrons. The molecule has 0 spiro atoms. The fourth-order valence-electron chi connectivity index (χ4n) is 2.52. The molecule has 1 aliphatic rings. The second-order valence-electron chi connectivity index (χ2n) is 5.87. The highest BCUT2D eigenvalue weighted by Crippen LogP contribution is 2.16. The molecule has 1 saturated heterocycles. The summed E-state index contributed by atoms with van der Waals surface area (Å²) in [5.74, 6) is 1.34. The lowest BCUT2D eigenvalue weighted by Gasteiger charge is -2.22. The van der Waals surface area contributed by atoms with Crippen molar-refractivity contribution < 1.29 is 9.47 Å². The maximum absolute atomic E-state index is 5.87. The Morgan fingerprint density at radius 3 is 2.88 bits per heavy atom. The predicted octanol–water partition coefficient (Wildman–Crippen LogP) is 3.22. The smallest absolute Gasteiger partial charge is 0.190 e. The summed E-state index contributed by atoms with van der Waals surface area (Å²) in [6.45, 7) is 6.44. The van der Waals surface area contributed by atoms with Crippen molar-refractivity contribution in [2.24, 2.45) is 4.99 Å². The highest BCUT2D eigenvalue weighted by molar-refractivity contribution is 14.0. The van der Waals surface area contributed by atoms with E-state index >= 15 is 0 Å². The van der Waals surface area contributed by atoms with Gasteiger partial charge in [-0.25, -0.2) is 0 Å². The van der Waals surface area contributed by atoms with E-state index in [1.165, 1.54) is 5.56 Å². The number of halogens is 1.